The monoisotopic (exact) mass is 925 g/mol. The van der Waals surface area contributed by atoms with Crippen LogP contribution in [0.1, 0.15) is 0 Å². The second-order valence-electron chi connectivity index (χ2n) is 0.408. The summed E-state index contributed by atoms with van der Waals surface area (Å²) in [6.07, 6.45) is 0. The maximum Gasteiger partial charge on any atom is 0 e. The first-order valence-corrected chi connectivity index (χ1v) is 5.46. The molecule has 15 heavy (non-hydrogen) atoms. The van der Waals surface area contributed by atoms with Gasteiger partial charge in [-0.1, -0.05) is 0 Å². The second kappa shape index (κ2) is 49.7. The van der Waals surface area contributed by atoms with E-state index in [-0.39, 0.29) is 239 Å². The Morgan fingerprint density at radius 2 is 0.667 bits per heavy atom. The molecule has 0 aromatic carbocycles. The van der Waals surface area contributed by atoms with Crippen LogP contribution in [0.25, 0.3) is 0 Å². The summed E-state index contributed by atoms with van der Waals surface area (Å²) < 4.78 is 34.6. The molecule has 0 aliphatic heterocycles. The van der Waals surface area contributed by atoms with Gasteiger partial charge in [0, 0.05) is 65.4 Å². The average Bonchev–Trinajstić information content (AvgIpc) is 0.722. The van der Waals surface area contributed by atoms with E-state index in [1.54, 1.807) is 0 Å². The summed E-state index contributed by atoms with van der Waals surface area (Å²) in [6.45, 7) is 0. The smallest absolute Gasteiger partial charge is 0 e. The van der Waals surface area contributed by atoms with Gasteiger partial charge < -0.3 is 27.4 Å². The fraction of sp³-hybridized carbons (Fsp3) is 0. The molecule has 15 heteroatoms. The molecule has 0 amide bonds. The third-order valence-corrected chi connectivity index (χ3v) is 0. The molecule has 0 saturated heterocycles. The number of hydrogen-bond donors (Lipinski definition) is 0. The van der Waals surface area contributed by atoms with E-state index in [2.05, 4.69) is 0 Å². The van der Waals surface area contributed by atoms with Gasteiger partial charge in [0.05, 0.1) is 0 Å². The largest absolute Gasteiger partial charge is 0 e. The van der Waals surface area contributed by atoms with Crippen molar-refractivity contribution in [3.8, 4) is 0 Å². The van der Waals surface area contributed by atoms with Crippen LogP contribution in [0.2, 0.25) is 0 Å². The first-order chi connectivity index (χ1) is 2.00. The molecule has 0 aromatic heterocycles. The van der Waals surface area contributed by atoms with Crippen LogP contribution in [-0.4, -0.2) is 174 Å². The molecular weight excluding hydrogens is 918 g/mol. The van der Waals surface area contributed by atoms with Crippen LogP contribution in [0.5, 0.6) is 0 Å². The molecule has 0 aliphatic carbocycles. The average molecular weight is 924 g/mol. The van der Waals surface area contributed by atoms with Gasteiger partial charge in [0.15, 0.2) is 0 Å². The topological polar surface area (TPSA) is 232 Å². The van der Waals surface area contributed by atoms with E-state index in [0.29, 0.717) is 0 Å². The maximum absolute atomic E-state index is 8.65. The van der Waals surface area contributed by atoms with Crippen molar-refractivity contribution >= 4 is 147 Å². The van der Waals surface area contributed by atoms with E-state index in [0.717, 1.165) is 0 Å². The van der Waals surface area contributed by atoms with Crippen molar-refractivity contribution in [3.63, 3.8) is 0 Å². The molecule has 78 valence electrons. The van der Waals surface area contributed by atoms with Gasteiger partial charge in [-0.3, -0.25) is 0 Å². The van der Waals surface area contributed by atoms with Gasteiger partial charge in [-0.2, -0.15) is 0 Å². The fourth-order valence-corrected chi connectivity index (χ4v) is 0. The summed E-state index contributed by atoms with van der Waals surface area (Å²) in [5.41, 5.74) is 0. The molecule has 0 fully saturated rings. The predicted octanol–water partition coefficient (Wildman–Crippen LogP) is -5.30. The van der Waals surface area contributed by atoms with Crippen LogP contribution >= 0.6 is 0 Å². The summed E-state index contributed by atoms with van der Waals surface area (Å²) in [5.74, 6) is 0. The van der Waals surface area contributed by atoms with Crippen molar-refractivity contribution in [1.29, 1.82) is 0 Å². The van der Waals surface area contributed by atoms with Crippen molar-refractivity contribution < 1.29 is 124 Å². The van der Waals surface area contributed by atoms with E-state index < -0.39 is 16.7 Å². The SMILES string of the molecule is O.[Ba+2].[Ba+2].[Ba+2].[OH-].[OH-].[OH-].[OH-].[O]=[W](=[O])([O-])[O-].[Y].[Y]. The van der Waals surface area contributed by atoms with Gasteiger partial charge in [0.1, 0.15) is 0 Å². The molecule has 0 unspecified atom stereocenters. The summed E-state index contributed by atoms with van der Waals surface area (Å²) in [4.78, 5) is 0. The van der Waals surface area contributed by atoms with E-state index in [1.807, 2.05) is 0 Å². The third-order valence-electron chi connectivity index (χ3n) is 0. The Hall–Kier alpha value is 6.93. The van der Waals surface area contributed by atoms with Crippen LogP contribution in [0, 0.1) is 0 Å². The Morgan fingerprint density at radius 3 is 0.667 bits per heavy atom. The molecule has 6 N–H and O–H groups in total. The molecular formula is H6Ba3O9WY2. The van der Waals surface area contributed by atoms with Crippen LogP contribution in [0.3, 0.4) is 0 Å². The molecule has 0 spiro atoms. The summed E-state index contributed by atoms with van der Waals surface area (Å²) in [6, 6.07) is 0. The number of hydrogen-bond acceptors (Lipinski definition) is 8. The predicted molar refractivity (Wildman–Crippen MR) is 30.0 cm³/mol. The zero-order valence-corrected chi connectivity index (χ0v) is 29.5. The van der Waals surface area contributed by atoms with Gasteiger partial charge in [0.2, 0.25) is 0 Å². The zero-order valence-electron chi connectivity index (χ0n) is 7.61. The van der Waals surface area contributed by atoms with Crippen LogP contribution in [-0.2, 0) is 89.0 Å². The Balaban J connectivity index is -0.00000000178. The zero-order chi connectivity index (χ0) is 4.50. The van der Waals surface area contributed by atoms with Crippen LogP contribution < -0.4 is 7.52 Å². The normalized spacial score (nSPS) is 3.87. The fourth-order valence-electron chi connectivity index (χ4n) is 0. The molecule has 0 saturated carbocycles. The Labute approximate surface area is 262 Å². The van der Waals surface area contributed by atoms with Gasteiger partial charge >= 0.3 is 178 Å². The van der Waals surface area contributed by atoms with E-state index in [4.69, 9.17) is 14.3 Å². The van der Waals surface area contributed by atoms with E-state index in [9.17, 15) is 0 Å². The minimum Gasteiger partial charge on any atom is 0 e. The molecule has 0 aliphatic rings. The minimum absolute atomic E-state index is 0. The summed E-state index contributed by atoms with van der Waals surface area (Å²) in [7, 11) is 0. The van der Waals surface area contributed by atoms with Crippen LogP contribution in [0.15, 0.2) is 0 Å². The van der Waals surface area contributed by atoms with Crippen molar-refractivity contribution in [1.82, 2.24) is 0 Å². The molecule has 0 aromatic rings. The van der Waals surface area contributed by atoms with E-state index in [1.165, 1.54) is 0 Å². The van der Waals surface area contributed by atoms with Crippen molar-refractivity contribution in [2.24, 2.45) is 0 Å². The second-order valence-corrected chi connectivity index (χ2v) is 3.34. The van der Waals surface area contributed by atoms with E-state index >= 15 is 0 Å². The molecule has 0 heterocycles. The van der Waals surface area contributed by atoms with Gasteiger partial charge in [-0.05, 0) is 0 Å². The minimum atomic E-state index is -6.17. The van der Waals surface area contributed by atoms with Gasteiger partial charge in [0.25, 0.3) is 0 Å². The third kappa shape index (κ3) is 156. The molecule has 9 nitrogen and oxygen atoms in total. The molecule has 0 rings (SSSR count). The Kier molecular flexibility index (Phi) is 267. The van der Waals surface area contributed by atoms with Crippen molar-refractivity contribution in [2.45, 2.75) is 0 Å². The van der Waals surface area contributed by atoms with Gasteiger partial charge in [-0.15, -0.1) is 0 Å². The van der Waals surface area contributed by atoms with Gasteiger partial charge in [-0.25, -0.2) is 0 Å². The molecule has 2 radical (unpaired) electrons. The Bertz CT molecular complexity index is 107. The summed E-state index contributed by atoms with van der Waals surface area (Å²) >= 11 is -6.17. The maximum atomic E-state index is 8.65. The first kappa shape index (κ1) is 80.4. The molecule has 0 atom stereocenters. The standard InChI is InChI=1S/3Ba.5H2O.4O.W.2Y/h;;;5*1H2;;;;;;;/q3*+2;;;;;;;;2*-1;;;/p-4. The quantitative estimate of drug-likeness (QED) is 0.213. The molecule has 0 bridgehead atoms. The first-order valence-electron chi connectivity index (χ1n) is 0.667. The number of rotatable bonds is 0. The Morgan fingerprint density at radius 1 is 0.667 bits per heavy atom. The van der Waals surface area contributed by atoms with Crippen LogP contribution in [0.4, 0.5) is 0 Å². The van der Waals surface area contributed by atoms with Crippen molar-refractivity contribution in [3.05, 3.63) is 0 Å². The van der Waals surface area contributed by atoms with Crippen molar-refractivity contribution in [2.75, 3.05) is 0 Å². The summed E-state index contributed by atoms with van der Waals surface area (Å²) in [5, 5.41) is 0.